The highest BCUT2D eigenvalue weighted by Crippen LogP contribution is 2.34. The van der Waals surface area contributed by atoms with Crippen molar-refractivity contribution in [3.63, 3.8) is 0 Å². The van der Waals surface area contributed by atoms with Crippen LogP contribution in [0.1, 0.15) is 33.7 Å². The van der Waals surface area contributed by atoms with Gasteiger partial charge in [-0.05, 0) is 6.07 Å². The molecule has 17 heavy (non-hydrogen) atoms. The Kier molecular flexibility index (Phi) is 3.76. The molecule has 0 saturated heterocycles. The fourth-order valence-electron chi connectivity index (χ4n) is 1.25. The molecule has 1 heterocycles. The van der Waals surface area contributed by atoms with Gasteiger partial charge in [-0.25, -0.2) is 13.8 Å². The van der Waals surface area contributed by atoms with Crippen LogP contribution >= 0.6 is 0 Å². The Hall–Kier alpha value is -1.57. The largest absolute Gasteiger partial charge is 0.418 e. The van der Waals surface area contributed by atoms with E-state index in [2.05, 4.69) is 4.98 Å². The van der Waals surface area contributed by atoms with Gasteiger partial charge in [0, 0.05) is 12.1 Å². The number of hydrogen-bond acceptors (Lipinski definition) is 3. The van der Waals surface area contributed by atoms with E-state index in [1.807, 2.05) is 0 Å². The molecule has 1 aromatic heterocycles. The maximum Gasteiger partial charge on any atom is 0.418 e. The second-order valence-corrected chi connectivity index (χ2v) is 3.08. The highest BCUT2D eigenvalue weighted by atomic mass is 19.4. The third-order valence-corrected chi connectivity index (χ3v) is 2.01. The standard InChI is InChI=1S/C9H7F5N2O/c10-8(11)4-1-5(9(12,13)14)7(3-17)16-6(4)2-15/h1,3,8H,2,15H2. The number of halogens is 5. The van der Waals surface area contributed by atoms with Gasteiger partial charge in [0.05, 0.1) is 11.3 Å². The number of pyridine rings is 1. The second kappa shape index (κ2) is 4.74. The molecule has 0 spiro atoms. The van der Waals surface area contributed by atoms with Gasteiger partial charge in [-0.15, -0.1) is 0 Å². The van der Waals surface area contributed by atoms with Gasteiger partial charge in [-0.2, -0.15) is 13.2 Å². The van der Waals surface area contributed by atoms with Gasteiger partial charge in [0.25, 0.3) is 6.43 Å². The van der Waals surface area contributed by atoms with E-state index in [0.717, 1.165) is 0 Å². The van der Waals surface area contributed by atoms with Crippen molar-refractivity contribution in [2.75, 3.05) is 0 Å². The molecule has 0 bridgehead atoms. The summed E-state index contributed by atoms with van der Waals surface area (Å²) in [4.78, 5) is 13.6. The van der Waals surface area contributed by atoms with Crippen LogP contribution in [0.2, 0.25) is 0 Å². The lowest BCUT2D eigenvalue weighted by Gasteiger charge is -2.13. The van der Waals surface area contributed by atoms with Crippen LogP contribution in [-0.4, -0.2) is 11.3 Å². The van der Waals surface area contributed by atoms with Crippen LogP contribution in [0.15, 0.2) is 6.07 Å². The SMILES string of the molecule is NCc1nc(C=O)c(C(F)(F)F)cc1C(F)F. The third-order valence-electron chi connectivity index (χ3n) is 2.01. The molecule has 94 valence electrons. The smallest absolute Gasteiger partial charge is 0.325 e. The highest BCUT2D eigenvalue weighted by molar-refractivity contribution is 5.75. The average molecular weight is 254 g/mol. The molecular formula is C9H7F5N2O. The zero-order chi connectivity index (χ0) is 13.2. The first kappa shape index (κ1) is 13.5. The number of aromatic nitrogens is 1. The lowest BCUT2D eigenvalue weighted by molar-refractivity contribution is -0.138. The van der Waals surface area contributed by atoms with Crippen molar-refractivity contribution in [3.8, 4) is 0 Å². The molecule has 1 aromatic rings. The fraction of sp³-hybridized carbons (Fsp3) is 0.333. The summed E-state index contributed by atoms with van der Waals surface area (Å²) < 4.78 is 62.3. The summed E-state index contributed by atoms with van der Waals surface area (Å²) in [5, 5.41) is 0. The Morgan fingerprint density at radius 2 is 2.00 bits per heavy atom. The first-order valence-corrected chi connectivity index (χ1v) is 4.35. The van der Waals surface area contributed by atoms with E-state index in [1.165, 1.54) is 0 Å². The number of carbonyl (C=O) groups is 1. The van der Waals surface area contributed by atoms with Crippen LogP contribution in [0.25, 0.3) is 0 Å². The summed E-state index contributed by atoms with van der Waals surface area (Å²) in [5.41, 5.74) is 1.32. The molecular weight excluding hydrogens is 247 g/mol. The van der Waals surface area contributed by atoms with Gasteiger partial charge in [0.15, 0.2) is 6.29 Å². The van der Waals surface area contributed by atoms with Gasteiger partial charge in [-0.3, -0.25) is 4.79 Å². The summed E-state index contributed by atoms with van der Waals surface area (Å²) in [6.07, 6.45) is -8.19. The fourth-order valence-corrected chi connectivity index (χ4v) is 1.25. The van der Waals surface area contributed by atoms with Gasteiger partial charge in [-0.1, -0.05) is 0 Å². The van der Waals surface area contributed by atoms with Crippen LogP contribution in [0.3, 0.4) is 0 Å². The lowest BCUT2D eigenvalue weighted by atomic mass is 10.1. The first-order valence-electron chi connectivity index (χ1n) is 4.35. The van der Waals surface area contributed by atoms with Gasteiger partial charge >= 0.3 is 6.18 Å². The van der Waals surface area contributed by atoms with Crippen LogP contribution in [-0.2, 0) is 12.7 Å². The highest BCUT2D eigenvalue weighted by Gasteiger charge is 2.36. The van der Waals surface area contributed by atoms with E-state index >= 15 is 0 Å². The Bertz CT molecular complexity index is 430. The molecule has 3 nitrogen and oxygen atoms in total. The number of hydrogen-bond donors (Lipinski definition) is 1. The molecule has 0 aliphatic carbocycles. The van der Waals surface area contributed by atoms with Crippen LogP contribution in [0.4, 0.5) is 22.0 Å². The number of alkyl halides is 5. The Morgan fingerprint density at radius 3 is 2.35 bits per heavy atom. The number of rotatable bonds is 3. The van der Waals surface area contributed by atoms with Crippen molar-refractivity contribution in [1.29, 1.82) is 0 Å². The maximum atomic E-state index is 12.5. The average Bonchev–Trinajstić information content (AvgIpc) is 2.25. The van der Waals surface area contributed by atoms with E-state index < -0.39 is 41.7 Å². The molecule has 0 atom stereocenters. The van der Waals surface area contributed by atoms with E-state index in [-0.39, 0.29) is 12.4 Å². The minimum absolute atomic E-state index is 0.142. The Labute approximate surface area is 92.4 Å². The molecule has 0 radical (unpaired) electrons. The van der Waals surface area contributed by atoms with Crippen LogP contribution in [0.5, 0.6) is 0 Å². The van der Waals surface area contributed by atoms with Gasteiger partial charge in [0.1, 0.15) is 5.69 Å². The maximum absolute atomic E-state index is 12.5. The lowest BCUT2D eigenvalue weighted by Crippen LogP contribution is -2.15. The van der Waals surface area contributed by atoms with Crippen molar-refractivity contribution >= 4 is 6.29 Å². The minimum atomic E-state index is -4.92. The molecule has 0 saturated carbocycles. The quantitative estimate of drug-likeness (QED) is 0.665. The molecule has 0 aliphatic rings. The topological polar surface area (TPSA) is 56.0 Å². The van der Waals surface area contributed by atoms with Crippen molar-refractivity contribution in [2.24, 2.45) is 5.73 Å². The van der Waals surface area contributed by atoms with Crippen molar-refractivity contribution < 1.29 is 26.7 Å². The normalized spacial score (nSPS) is 11.9. The number of aldehydes is 1. The summed E-state index contributed by atoms with van der Waals surface area (Å²) in [7, 11) is 0. The van der Waals surface area contributed by atoms with E-state index in [4.69, 9.17) is 5.73 Å². The first-order chi connectivity index (χ1) is 7.81. The summed E-state index contributed by atoms with van der Waals surface area (Å²) in [6, 6.07) is 0.212. The molecule has 0 unspecified atom stereocenters. The van der Waals surface area contributed by atoms with E-state index in [1.54, 1.807) is 0 Å². The van der Waals surface area contributed by atoms with Gasteiger partial charge < -0.3 is 5.73 Å². The third kappa shape index (κ3) is 2.76. The summed E-state index contributed by atoms with van der Waals surface area (Å²) in [6.45, 7) is -0.474. The van der Waals surface area contributed by atoms with Crippen molar-refractivity contribution in [2.45, 2.75) is 19.1 Å². The van der Waals surface area contributed by atoms with Crippen LogP contribution < -0.4 is 5.73 Å². The number of carbonyl (C=O) groups excluding carboxylic acids is 1. The molecule has 1 rings (SSSR count). The summed E-state index contributed by atoms with van der Waals surface area (Å²) >= 11 is 0. The molecule has 2 N–H and O–H groups in total. The molecule has 0 aliphatic heterocycles. The molecule has 8 heteroatoms. The monoisotopic (exact) mass is 254 g/mol. The van der Waals surface area contributed by atoms with E-state index in [0.29, 0.717) is 0 Å². The number of nitrogens with zero attached hydrogens (tertiary/aromatic N) is 1. The van der Waals surface area contributed by atoms with Crippen molar-refractivity contribution in [3.05, 3.63) is 28.6 Å². The predicted octanol–water partition coefficient (Wildman–Crippen LogP) is 2.31. The van der Waals surface area contributed by atoms with Gasteiger partial charge in [0.2, 0.25) is 0 Å². The molecule has 0 fully saturated rings. The zero-order valence-electron chi connectivity index (χ0n) is 8.26. The second-order valence-electron chi connectivity index (χ2n) is 3.08. The Balaban J connectivity index is 3.50. The summed E-state index contributed by atoms with van der Waals surface area (Å²) in [5.74, 6) is 0. The van der Waals surface area contributed by atoms with Crippen molar-refractivity contribution in [1.82, 2.24) is 4.98 Å². The van der Waals surface area contributed by atoms with E-state index in [9.17, 15) is 26.7 Å². The number of nitrogens with two attached hydrogens (primary N) is 1. The van der Waals surface area contributed by atoms with Crippen LogP contribution in [0, 0.1) is 0 Å². The molecule has 0 aromatic carbocycles. The Morgan fingerprint density at radius 1 is 1.41 bits per heavy atom. The predicted molar refractivity (Wildman–Crippen MR) is 47.5 cm³/mol. The zero-order valence-corrected chi connectivity index (χ0v) is 8.26. The minimum Gasteiger partial charge on any atom is -0.325 e. The molecule has 0 amide bonds.